The highest BCUT2D eigenvalue weighted by molar-refractivity contribution is 5.74. The number of urea groups is 1. The fraction of sp³-hybridized carbons (Fsp3) is 0.375. The summed E-state index contributed by atoms with van der Waals surface area (Å²) in [5, 5.41) is 6.97. The van der Waals surface area contributed by atoms with Gasteiger partial charge in [0.05, 0.1) is 18.8 Å². The number of carbonyl (C=O) groups is 1. The zero-order chi connectivity index (χ0) is 17.1. The number of rotatable bonds is 4. The van der Waals surface area contributed by atoms with E-state index in [1.807, 2.05) is 0 Å². The van der Waals surface area contributed by atoms with Crippen molar-refractivity contribution >= 4 is 6.03 Å². The molecule has 128 valence electrons. The molecule has 24 heavy (non-hydrogen) atoms. The third-order valence-corrected chi connectivity index (χ3v) is 3.89. The number of amides is 2. The monoisotopic (exact) mass is 338 g/mol. The van der Waals surface area contributed by atoms with Gasteiger partial charge in [-0.15, -0.1) is 0 Å². The van der Waals surface area contributed by atoms with Crippen LogP contribution < -0.4 is 5.32 Å². The maximum atomic E-state index is 13.3. The Labute approximate surface area is 137 Å². The molecule has 1 atom stereocenters. The van der Waals surface area contributed by atoms with E-state index in [4.69, 9.17) is 0 Å². The second-order valence-corrected chi connectivity index (χ2v) is 5.66. The van der Waals surface area contributed by atoms with Crippen molar-refractivity contribution in [1.82, 2.24) is 20.0 Å². The standard InChI is InChI=1S/C16H17F3N4O/c17-12-3-6-22(10-12)16(24)20-5-8-23-7-4-15(21-23)11-1-2-13(18)14(19)9-11/h1-2,4,7,9,12H,3,5-6,8,10H2,(H,20,24)/t12-/m0/s1. The molecule has 2 aromatic rings. The Hall–Kier alpha value is -2.51. The van der Waals surface area contributed by atoms with Gasteiger partial charge in [-0.2, -0.15) is 5.10 Å². The second kappa shape index (κ2) is 6.94. The fourth-order valence-corrected chi connectivity index (χ4v) is 2.59. The highest BCUT2D eigenvalue weighted by Crippen LogP contribution is 2.19. The van der Waals surface area contributed by atoms with Crippen LogP contribution in [0.2, 0.25) is 0 Å². The molecular formula is C16H17F3N4O. The quantitative estimate of drug-likeness (QED) is 0.932. The number of benzene rings is 1. The van der Waals surface area contributed by atoms with Crippen LogP contribution in [0.3, 0.4) is 0 Å². The van der Waals surface area contributed by atoms with Crippen LogP contribution in [0.5, 0.6) is 0 Å². The van der Waals surface area contributed by atoms with Gasteiger partial charge >= 0.3 is 6.03 Å². The molecule has 3 rings (SSSR count). The van der Waals surface area contributed by atoms with E-state index in [0.29, 0.717) is 37.3 Å². The van der Waals surface area contributed by atoms with Crippen LogP contribution in [0.15, 0.2) is 30.5 Å². The number of alkyl halides is 1. The molecule has 0 spiro atoms. The van der Waals surface area contributed by atoms with Gasteiger partial charge in [0.15, 0.2) is 11.6 Å². The van der Waals surface area contributed by atoms with Crippen LogP contribution in [-0.4, -0.2) is 46.5 Å². The number of aromatic nitrogens is 2. The largest absolute Gasteiger partial charge is 0.336 e. The van der Waals surface area contributed by atoms with E-state index in [-0.39, 0.29) is 12.6 Å². The van der Waals surface area contributed by atoms with Crippen molar-refractivity contribution in [1.29, 1.82) is 0 Å². The molecule has 1 aromatic carbocycles. The minimum atomic E-state index is -0.944. The first kappa shape index (κ1) is 16.4. The average molecular weight is 338 g/mol. The molecule has 5 nitrogen and oxygen atoms in total. The van der Waals surface area contributed by atoms with Gasteiger partial charge in [0, 0.05) is 24.8 Å². The summed E-state index contributed by atoms with van der Waals surface area (Å²) >= 11 is 0. The van der Waals surface area contributed by atoms with Crippen molar-refractivity contribution in [3.05, 3.63) is 42.1 Å². The highest BCUT2D eigenvalue weighted by Gasteiger charge is 2.25. The summed E-state index contributed by atoms with van der Waals surface area (Å²) in [6.45, 7) is 1.32. The van der Waals surface area contributed by atoms with Gasteiger partial charge in [-0.1, -0.05) is 0 Å². The number of nitrogens with zero attached hydrogens (tertiary/aromatic N) is 3. The maximum Gasteiger partial charge on any atom is 0.317 e. The molecule has 0 bridgehead atoms. The van der Waals surface area contributed by atoms with Crippen LogP contribution in [-0.2, 0) is 6.54 Å². The zero-order valence-corrected chi connectivity index (χ0v) is 12.9. The summed E-state index contributed by atoms with van der Waals surface area (Å²) in [7, 11) is 0. The van der Waals surface area contributed by atoms with Crippen molar-refractivity contribution < 1.29 is 18.0 Å². The third-order valence-electron chi connectivity index (χ3n) is 3.89. The molecule has 1 aliphatic rings. The van der Waals surface area contributed by atoms with E-state index in [1.165, 1.54) is 11.0 Å². The lowest BCUT2D eigenvalue weighted by atomic mass is 10.1. The molecule has 1 aromatic heterocycles. The van der Waals surface area contributed by atoms with E-state index in [9.17, 15) is 18.0 Å². The summed E-state index contributed by atoms with van der Waals surface area (Å²) in [5.74, 6) is -1.83. The van der Waals surface area contributed by atoms with E-state index in [2.05, 4.69) is 10.4 Å². The Bertz CT molecular complexity index is 734. The Morgan fingerprint density at radius 2 is 2.12 bits per heavy atom. The normalized spacial score (nSPS) is 17.3. The molecule has 1 N–H and O–H groups in total. The predicted molar refractivity (Wildman–Crippen MR) is 82.1 cm³/mol. The van der Waals surface area contributed by atoms with E-state index >= 15 is 0 Å². The maximum absolute atomic E-state index is 13.3. The van der Waals surface area contributed by atoms with Crippen LogP contribution >= 0.6 is 0 Å². The smallest absolute Gasteiger partial charge is 0.317 e. The second-order valence-electron chi connectivity index (χ2n) is 5.66. The Balaban J connectivity index is 1.52. The number of carbonyl (C=O) groups excluding carboxylic acids is 1. The summed E-state index contributed by atoms with van der Waals surface area (Å²) in [5.41, 5.74) is 0.989. The summed E-state index contributed by atoms with van der Waals surface area (Å²) < 4.78 is 40.8. The Morgan fingerprint density at radius 1 is 1.29 bits per heavy atom. The van der Waals surface area contributed by atoms with Crippen LogP contribution in [0.4, 0.5) is 18.0 Å². The summed E-state index contributed by atoms with van der Waals surface area (Å²) in [6, 6.07) is 4.99. The summed E-state index contributed by atoms with van der Waals surface area (Å²) in [4.78, 5) is 13.3. The molecule has 8 heteroatoms. The van der Waals surface area contributed by atoms with Gasteiger partial charge in [-0.3, -0.25) is 4.68 Å². The zero-order valence-electron chi connectivity index (χ0n) is 12.9. The topological polar surface area (TPSA) is 50.2 Å². The summed E-state index contributed by atoms with van der Waals surface area (Å²) in [6.07, 6.45) is 1.13. The molecule has 0 aliphatic carbocycles. The molecule has 2 amide bonds. The van der Waals surface area contributed by atoms with E-state index in [0.717, 1.165) is 12.1 Å². The molecule has 2 heterocycles. The van der Waals surface area contributed by atoms with Crippen LogP contribution in [0.25, 0.3) is 11.3 Å². The molecular weight excluding hydrogens is 321 g/mol. The van der Waals surface area contributed by atoms with Gasteiger partial charge in [-0.25, -0.2) is 18.0 Å². The van der Waals surface area contributed by atoms with Crippen LogP contribution in [0, 0.1) is 11.6 Å². The SMILES string of the molecule is O=C(NCCn1ccc(-c2ccc(F)c(F)c2)n1)N1CC[C@H](F)C1. The van der Waals surface area contributed by atoms with E-state index < -0.39 is 17.8 Å². The number of hydrogen-bond acceptors (Lipinski definition) is 2. The number of hydrogen-bond donors (Lipinski definition) is 1. The van der Waals surface area contributed by atoms with Crippen molar-refractivity contribution in [3.63, 3.8) is 0 Å². The lowest BCUT2D eigenvalue weighted by Gasteiger charge is -2.16. The van der Waals surface area contributed by atoms with Crippen LogP contribution in [0.1, 0.15) is 6.42 Å². The first-order valence-electron chi connectivity index (χ1n) is 7.68. The average Bonchev–Trinajstić information content (AvgIpc) is 3.19. The predicted octanol–water partition coefficient (Wildman–Crippen LogP) is 2.58. The van der Waals surface area contributed by atoms with Crippen molar-refractivity contribution in [2.45, 2.75) is 19.1 Å². The molecule has 1 aliphatic heterocycles. The van der Waals surface area contributed by atoms with Gasteiger partial charge in [0.2, 0.25) is 0 Å². The molecule has 1 fully saturated rings. The van der Waals surface area contributed by atoms with Gasteiger partial charge < -0.3 is 10.2 Å². The molecule has 1 saturated heterocycles. The van der Waals surface area contributed by atoms with Crippen molar-refractivity contribution in [2.24, 2.45) is 0 Å². The number of likely N-dealkylation sites (tertiary alicyclic amines) is 1. The Kier molecular flexibility index (Phi) is 4.73. The number of halogens is 3. The molecule has 0 radical (unpaired) electrons. The highest BCUT2D eigenvalue weighted by atomic mass is 19.2. The lowest BCUT2D eigenvalue weighted by molar-refractivity contribution is 0.204. The van der Waals surface area contributed by atoms with Gasteiger partial charge in [0.1, 0.15) is 6.17 Å². The Morgan fingerprint density at radius 3 is 2.83 bits per heavy atom. The van der Waals surface area contributed by atoms with Gasteiger partial charge in [-0.05, 0) is 30.7 Å². The van der Waals surface area contributed by atoms with Crippen molar-refractivity contribution in [3.8, 4) is 11.3 Å². The first-order valence-corrected chi connectivity index (χ1v) is 7.68. The van der Waals surface area contributed by atoms with E-state index in [1.54, 1.807) is 16.9 Å². The van der Waals surface area contributed by atoms with Gasteiger partial charge in [0.25, 0.3) is 0 Å². The van der Waals surface area contributed by atoms with Crippen molar-refractivity contribution in [2.75, 3.05) is 19.6 Å². The number of nitrogens with one attached hydrogen (secondary N) is 1. The third kappa shape index (κ3) is 3.69. The lowest BCUT2D eigenvalue weighted by Crippen LogP contribution is -2.40. The fourth-order valence-electron chi connectivity index (χ4n) is 2.59. The molecule has 0 unspecified atom stereocenters. The minimum Gasteiger partial charge on any atom is -0.336 e. The molecule has 0 saturated carbocycles. The first-order chi connectivity index (χ1) is 11.5. The minimum absolute atomic E-state index is 0.133.